The Kier molecular flexibility index (Phi) is 5.08. The first-order chi connectivity index (χ1) is 14.6. The number of benzene rings is 2. The molecule has 1 aliphatic rings. The highest BCUT2D eigenvalue weighted by Gasteiger charge is 2.16. The van der Waals surface area contributed by atoms with Crippen LogP contribution in [0.3, 0.4) is 0 Å². The molecule has 4 nitrogen and oxygen atoms in total. The Morgan fingerprint density at radius 1 is 1.00 bits per heavy atom. The summed E-state index contributed by atoms with van der Waals surface area (Å²) < 4.78 is 30.3. The second kappa shape index (κ2) is 7.89. The molecule has 7 heteroatoms. The molecule has 30 heavy (non-hydrogen) atoms. The molecule has 0 unspecified atom stereocenters. The smallest absolute Gasteiger partial charge is 0.199 e. The first-order valence-electron chi connectivity index (χ1n) is 10.2. The number of aromatic nitrogens is 2. The standard InChI is InChI=1S/C23H21F2N3OS/c24-15-5-7-21-19(12-15)26-23(30-21)18-14-28(11-3-10-27-8-1-2-9-27)20-13-16(25)4-6-17(20)22(18)29/h4-7,12-14H,1-3,8-11H2. The van der Waals surface area contributed by atoms with Gasteiger partial charge in [0.1, 0.15) is 16.6 Å². The van der Waals surface area contributed by atoms with Gasteiger partial charge in [-0.05, 0) is 69.2 Å². The number of rotatable bonds is 5. The number of likely N-dealkylation sites (tertiary alicyclic amines) is 1. The van der Waals surface area contributed by atoms with E-state index in [0.717, 1.165) is 30.8 Å². The lowest BCUT2D eigenvalue weighted by atomic mass is 10.1. The third-order valence-corrected chi connectivity index (χ3v) is 6.77. The number of hydrogen-bond acceptors (Lipinski definition) is 4. The summed E-state index contributed by atoms with van der Waals surface area (Å²) >= 11 is 1.36. The summed E-state index contributed by atoms with van der Waals surface area (Å²) in [5.74, 6) is -0.717. The zero-order chi connectivity index (χ0) is 20.7. The lowest BCUT2D eigenvalue weighted by Crippen LogP contribution is -2.22. The maximum absolute atomic E-state index is 13.9. The molecule has 0 amide bonds. The molecule has 2 aromatic carbocycles. The van der Waals surface area contributed by atoms with Gasteiger partial charge >= 0.3 is 0 Å². The molecule has 0 radical (unpaired) electrons. The van der Waals surface area contributed by atoms with Crippen molar-refractivity contribution in [3.05, 3.63) is 64.5 Å². The van der Waals surface area contributed by atoms with E-state index in [2.05, 4.69) is 9.88 Å². The number of hydrogen-bond donors (Lipinski definition) is 0. The Morgan fingerprint density at radius 3 is 2.60 bits per heavy atom. The van der Waals surface area contributed by atoms with Crippen LogP contribution in [-0.2, 0) is 6.54 Å². The van der Waals surface area contributed by atoms with Gasteiger partial charge in [0.05, 0.1) is 21.3 Å². The van der Waals surface area contributed by atoms with Crippen molar-refractivity contribution < 1.29 is 8.78 Å². The molecular formula is C23H21F2N3OS. The van der Waals surface area contributed by atoms with Crippen LogP contribution in [0.5, 0.6) is 0 Å². The van der Waals surface area contributed by atoms with Crippen LogP contribution in [0.2, 0.25) is 0 Å². The lowest BCUT2D eigenvalue weighted by molar-refractivity contribution is 0.326. The normalized spacial score (nSPS) is 14.9. The fourth-order valence-corrected chi connectivity index (χ4v) is 5.14. The van der Waals surface area contributed by atoms with Crippen molar-refractivity contribution in [1.82, 2.24) is 14.5 Å². The minimum atomic E-state index is -0.363. The number of pyridine rings is 1. The largest absolute Gasteiger partial charge is 0.346 e. The summed E-state index contributed by atoms with van der Waals surface area (Å²) in [6.07, 6.45) is 5.18. The second-order valence-corrected chi connectivity index (χ2v) is 8.79. The van der Waals surface area contributed by atoms with Crippen molar-refractivity contribution in [2.24, 2.45) is 0 Å². The lowest BCUT2D eigenvalue weighted by Gasteiger charge is -2.17. The zero-order valence-corrected chi connectivity index (χ0v) is 17.2. The van der Waals surface area contributed by atoms with Gasteiger partial charge in [-0.2, -0.15) is 0 Å². The average molecular weight is 426 g/mol. The van der Waals surface area contributed by atoms with E-state index in [1.54, 1.807) is 18.3 Å². The van der Waals surface area contributed by atoms with Gasteiger partial charge in [-0.3, -0.25) is 4.79 Å². The molecule has 0 N–H and O–H groups in total. The minimum absolute atomic E-state index is 0.180. The van der Waals surface area contributed by atoms with Crippen molar-refractivity contribution >= 4 is 32.5 Å². The zero-order valence-electron chi connectivity index (χ0n) is 16.4. The van der Waals surface area contributed by atoms with E-state index in [4.69, 9.17) is 0 Å². The Balaban J connectivity index is 1.57. The molecule has 0 bridgehead atoms. The third-order valence-electron chi connectivity index (χ3n) is 5.70. The first kappa shape index (κ1) is 19.3. The van der Waals surface area contributed by atoms with Gasteiger partial charge in [0.25, 0.3) is 0 Å². The molecule has 2 aromatic heterocycles. The second-order valence-electron chi connectivity index (χ2n) is 7.76. The number of nitrogens with zero attached hydrogens (tertiary/aromatic N) is 3. The number of aryl methyl sites for hydroxylation is 1. The quantitative estimate of drug-likeness (QED) is 0.450. The molecule has 1 saturated heterocycles. The van der Waals surface area contributed by atoms with Crippen LogP contribution >= 0.6 is 11.3 Å². The molecule has 154 valence electrons. The van der Waals surface area contributed by atoms with Gasteiger partial charge in [-0.1, -0.05) is 0 Å². The van der Waals surface area contributed by atoms with Gasteiger partial charge in [-0.25, -0.2) is 13.8 Å². The van der Waals surface area contributed by atoms with Crippen LogP contribution in [0, 0.1) is 11.6 Å². The highest BCUT2D eigenvalue weighted by atomic mass is 32.1. The summed E-state index contributed by atoms with van der Waals surface area (Å²) in [5.41, 5.74) is 1.42. The van der Waals surface area contributed by atoms with E-state index in [1.165, 1.54) is 48.4 Å². The Morgan fingerprint density at radius 2 is 1.77 bits per heavy atom. The molecule has 1 aliphatic heterocycles. The Labute approximate surface area is 176 Å². The monoisotopic (exact) mass is 425 g/mol. The molecule has 0 atom stereocenters. The average Bonchev–Trinajstić information content (AvgIpc) is 3.39. The van der Waals surface area contributed by atoms with E-state index >= 15 is 0 Å². The summed E-state index contributed by atoms with van der Waals surface area (Å²) in [5, 5.41) is 1.03. The van der Waals surface area contributed by atoms with Crippen LogP contribution in [0.1, 0.15) is 19.3 Å². The highest BCUT2D eigenvalue weighted by molar-refractivity contribution is 7.21. The van der Waals surface area contributed by atoms with Crippen molar-refractivity contribution in [3.63, 3.8) is 0 Å². The molecule has 1 fully saturated rings. The molecule has 0 spiro atoms. The third kappa shape index (κ3) is 3.63. The van der Waals surface area contributed by atoms with Crippen molar-refractivity contribution in [2.75, 3.05) is 19.6 Å². The SMILES string of the molecule is O=c1c(-c2nc3cc(F)ccc3s2)cn(CCCN2CCCC2)c2cc(F)ccc12. The van der Waals surface area contributed by atoms with Crippen molar-refractivity contribution in [3.8, 4) is 10.6 Å². The molecule has 0 saturated carbocycles. The molecule has 4 aromatic rings. The van der Waals surface area contributed by atoms with E-state index < -0.39 is 0 Å². The first-order valence-corrected chi connectivity index (χ1v) is 11.0. The van der Waals surface area contributed by atoms with Crippen LogP contribution in [0.4, 0.5) is 8.78 Å². The number of fused-ring (bicyclic) bond motifs is 2. The topological polar surface area (TPSA) is 38.1 Å². The summed E-state index contributed by atoms with van der Waals surface area (Å²) in [7, 11) is 0. The van der Waals surface area contributed by atoms with Gasteiger partial charge in [0, 0.05) is 24.2 Å². The predicted octanol–water partition coefficient (Wildman–Crippen LogP) is 5.04. The maximum Gasteiger partial charge on any atom is 0.199 e. The van der Waals surface area contributed by atoms with E-state index in [9.17, 15) is 13.6 Å². The van der Waals surface area contributed by atoms with Crippen molar-refractivity contribution in [2.45, 2.75) is 25.8 Å². The van der Waals surface area contributed by atoms with E-state index in [-0.39, 0.29) is 17.1 Å². The van der Waals surface area contributed by atoms with Gasteiger partial charge in [0.2, 0.25) is 0 Å². The Bertz CT molecular complexity index is 1290. The minimum Gasteiger partial charge on any atom is -0.346 e. The van der Waals surface area contributed by atoms with Gasteiger partial charge < -0.3 is 9.47 Å². The van der Waals surface area contributed by atoms with Crippen LogP contribution in [0.25, 0.3) is 31.7 Å². The maximum atomic E-state index is 13.9. The molecular weight excluding hydrogens is 404 g/mol. The van der Waals surface area contributed by atoms with Gasteiger partial charge in [0.15, 0.2) is 5.43 Å². The fraction of sp³-hybridized carbons (Fsp3) is 0.304. The number of thiazole rings is 1. The number of halogens is 2. The van der Waals surface area contributed by atoms with Gasteiger partial charge in [-0.15, -0.1) is 11.3 Å². The van der Waals surface area contributed by atoms with E-state index in [1.807, 2.05) is 4.57 Å². The summed E-state index contributed by atoms with van der Waals surface area (Å²) in [6, 6.07) is 8.72. The molecule has 0 aliphatic carbocycles. The van der Waals surface area contributed by atoms with Crippen LogP contribution in [-0.4, -0.2) is 34.1 Å². The van der Waals surface area contributed by atoms with E-state index in [0.29, 0.717) is 33.5 Å². The Hall–Kier alpha value is -2.64. The van der Waals surface area contributed by atoms with Crippen LogP contribution in [0.15, 0.2) is 47.4 Å². The fourth-order valence-electron chi connectivity index (χ4n) is 4.19. The summed E-state index contributed by atoms with van der Waals surface area (Å²) in [4.78, 5) is 20.1. The van der Waals surface area contributed by atoms with Crippen LogP contribution < -0.4 is 5.43 Å². The highest BCUT2D eigenvalue weighted by Crippen LogP contribution is 2.30. The molecule has 5 rings (SSSR count). The van der Waals surface area contributed by atoms with Crippen molar-refractivity contribution in [1.29, 1.82) is 0 Å². The molecule has 3 heterocycles. The summed E-state index contributed by atoms with van der Waals surface area (Å²) in [6.45, 7) is 3.93. The predicted molar refractivity (Wildman–Crippen MR) is 117 cm³/mol.